The Morgan fingerprint density at radius 3 is 2.43 bits per heavy atom. The largest absolute Gasteiger partial charge is 0.368 e. The summed E-state index contributed by atoms with van der Waals surface area (Å²) >= 11 is 0. The first-order chi connectivity index (χ1) is 13.7. The average molecular weight is 371 g/mol. The number of benzene rings is 2. The average Bonchev–Trinajstić information content (AvgIpc) is 3.32. The first-order valence-corrected chi connectivity index (χ1v) is 8.56. The molecule has 136 valence electrons. The molecule has 0 unspecified atom stereocenters. The van der Waals surface area contributed by atoms with Gasteiger partial charge in [-0.1, -0.05) is 36.4 Å². The Morgan fingerprint density at radius 1 is 0.893 bits per heavy atom. The number of rotatable bonds is 3. The van der Waals surface area contributed by atoms with Gasteiger partial charge in [-0.05, 0) is 18.2 Å². The SMILES string of the molecule is Nc1ncnn1-c1nc2cncc(-c3ccccc3F)c2n1-c1ccccc1. The van der Waals surface area contributed by atoms with Crippen LogP contribution in [0.15, 0.2) is 73.3 Å². The molecule has 5 aromatic rings. The lowest BCUT2D eigenvalue weighted by Crippen LogP contribution is -2.10. The van der Waals surface area contributed by atoms with Gasteiger partial charge >= 0.3 is 0 Å². The van der Waals surface area contributed by atoms with Gasteiger partial charge in [0.05, 0.1) is 11.7 Å². The minimum Gasteiger partial charge on any atom is -0.368 e. The van der Waals surface area contributed by atoms with E-state index >= 15 is 0 Å². The van der Waals surface area contributed by atoms with Gasteiger partial charge in [0.15, 0.2) is 0 Å². The maximum Gasteiger partial charge on any atom is 0.239 e. The van der Waals surface area contributed by atoms with Crippen molar-refractivity contribution in [2.75, 3.05) is 5.73 Å². The van der Waals surface area contributed by atoms with E-state index in [-0.39, 0.29) is 11.8 Å². The van der Waals surface area contributed by atoms with Crippen LogP contribution < -0.4 is 5.73 Å². The summed E-state index contributed by atoms with van der Waals surface area (Å²) < 4.78 is 17.9. The van der Waals surface area contributed by atoms with Gasteiger partial charge in [0.2, 0.25) is 11.9 Å². The van der Waals surface area contributed by atoms with Gasteiger partial charge in [-0.25, -0.2) is 9.37 Å². The van der Waals surface area contributed by atoms with Crippen LogP contribution in [0, 0.1) is 5.82 Å². The van der Waals surface area contributed by atoms with E-state index in [9.17, 15) is 4.39 Å². The number of pyridine rings is 1. The molecule has 0 aliphatic rings. The number of para-hydroxylation sites is 1. The minimum absolute atomic E-state index is 0.202. The van der Waals surface area contributed by atoms with Crippen LogP contribution in [0.25, 0.3) is 33.8 Å². The molecule has 0 bridgehead atoms. The normalized spacial score (nSPS) is 11.2. The van der Waals surface area contributed by atoms with Crippen molar-refractivity contribution in [3.8, 4) is 22.8 Å². The van der Waals surface area contributed by atoms with Gasteiger partial charge in [-0.3, -0.25) is 9.55 Å². The molecule has 2 N–H and O–H groups in total. The third-order valence-electron chi connectivity index (χ3n) is 4.48. The van der Waals surface area contributed by atoms with Crippen LogP contribution in [0.2, 0.25) is 0 Å². The molecule has 28 heavy (non-hydrogen) atoms. The fourth-order valence-corrected chi connectivity index (χ4v) is 3.26. The molecule has 8 heteroatoms. The van der Waals surface area contributed by atoms with Crippen molar-refractivity contribution in [2.24, 2.45) is 0 Å². The summed E-state index contributed by atoms with van der Waals surface area (Å²) in [6, 6.07) is 16.2. The number of halogens is 1. The van der Waals surface area contributed by atoms with Crippen molar-refractivity contribution in [1.82, 2.24) is 29.3 Å². The van der Waals surface area contributed by atoms with Crippen molar-refractivity contribution >= 4 is 17.0 Å². The van der Waals surface area contributed by atoms with Gasteiger partial charge < -0.3 is 5.73 Å². The number of hydrogen-bond donors (Lipinski definition) is 1. The first kappa shape index (κ1) is 16.1. The van der Waals surface area contributed by atoms with Crippen LogP contribution in [-0.4, -0.2) is 29.3 Å². The number of nitrogens with zero attached hydrogens (tertiary/aromatic N) is 6. The lowest BCUT2D eigenvalue weighted by atomic mass is 10.1. The zero-order valence-corrected chi connectivity index (χ0v) is 14.6. The minimum atomic E-state index is -0.334. The standard InChI is InChI=1S/C20H14FN7/c21-16-9-5-4-8-14(16)15-10-23-11-17-18(15)27(13-6-2-1-3-7-13)20(26-17)28-19(22)24-12-25-28/h1-12H,(H2,22,24,25). The third kappa shape index (κ3) is 2.43. The molecule has 0 amide bonds. The fraction of sp³-hybridized carbons (Fsp3) is 0. The van der Waals surface area contributed by atoms with E-state index in [4.69, 9.17) is 5.73 Å². The number of anilines is 1. The zero-order valence-electron chi connectivity index (χ0n) is 14.6. The molecule has 0 saturated carbocycles. The Kier molecular flexibility index (Phi) is 3.61. The number of hydrogen-bond acceptors (Lipinski definition) is 5. The molecule has 0 spiro atoms. The summed E-state index contributed by atoms with van der Waals surface area (Å²) in [5.74, 6) is 0.314. The van der Waals surface area contributed by atoms with E-state index < -0.39 is 0 Å². The van der Waals surface area contributed by atoms with E-state index in [2.05, 4.69) is 20.1 Å². The van der Waals surface area contributed by atoms with Crippen LogP contribution in [0.3, 0.4) is 0 Å². The molecule has 0 saturated heterocycles. The second-order valence-corrected chi connectivity index (χ2v) is 6.15. The van der Waals surface area contributed by atoms with Crippen molar-refractivity contribution in [3.05, 3.63) is 79.1 Å². The summed E-state index contributed by atoms with van der Waals surface area (Å²) in [7, 11) is 0. The maximum atomic E-state index is 14.6. The highest BCUT2D eigenvalue weighted by molar-refractivity contribution is 5.94. The van der Waals surface area contributed by atoms with Crippen LogP contribution in [0.4, 0.5) is 10.3 Å². The molecule has 5 rings (SSSR count). The molecule has 0 fully saturated rings. The predicted molar refractivity (Wildman–Crippen MR) is 104 cm³/mol. The maximum absolute atomic E-state index is 14.6. The van der Waals surface area contributed by atoms with Gasteiger partial charge in [0.25, 0.3) is 0 Å². The van der Waals surface area contributed by atoms with E-state index in [1.807, 2.05) is 34.9 Å². The highest BCUT2D eigenvalue weighted by atomic mass is 19.1. The number of nitrogens with two attached hydrogens (primary N) is 1. The molecular weight excluding hydrogens is 357 g/mol. The van der Waals surface area contributed by atoms with Crippen molar-refractivity contribution < 1.29 is 4.39 Å². The van der Waals surface area contributed by atoms with Crippen LogP contribution in [0.1, 0.15) is 0 Å². The Bertz CT molecular complexity index is 1290. The predicted octanol–water partition coefficient (Wildman–Crippen LogP) is 3.39. The Hall–Kier alpha value is -4.07. The molecule has 0 aliphatic carbocycles. The highest BCUT2D eigenvalue weighted by Crippen LogP contribution is 2.33. The Morgan fingerprint density at radius 2 is 1.68 bits per heavy atom. The van der Waals surface area contributed by atoms with Gasteiger partial charge in [-0.15, -0.1) is 0 Å². The Balaban J connectivity index is 1.92. The molecular formula is C20H14FN7. The van der Waals surface area contributed by atoms with Gasteiger partial charge in [0, 0.05) is 23.0 Å². The highest BCUT2D eigenvalue weighted by Gasteiger charge is 2.21. The number of nitrogen functional groups attached to an aromatic ring is 1. The topological polar surface area (TPSA) is 87.4 Å². The lowest BCUT2D eigenvalue weighted by Gasteiger charge is -2.12. The molecule has 0 aliphatic heterocycles. The number of aromatic nitrogens is 6. The summed E-state index contributed by atoms with van der Waals surface area (Å²) in [6.45, 7) is 0. The second kappa shape index (κ2) is 6.27. The lowest BCUT2D eigenvalue weighted by molar-refractivity contribution is 0.631. The van der Waals surface area contributed by atoms with E-state index in [1.54, 1.807) is 30.6 Å². The summed E-state index contributed by atoms with van der Waals surface area (Å²) in [5, 5.41) is 4.19. The number of fused-ring (bicyclic) bond motifs is 1. The van der Waals surface area contributed by atoms with Gasteiger partial charge in [0.1, 0.15) is 17.7 Å². The first-order valence-electron chi connectivity index (χ1n) is 8.56. The monoisotopic (exact) mass is 371 g/mol. The second-order valence-electron chi connectivity index (χ2n) is 6.15. The molecule has 0 atom stereocenters. The summed E-state index contributed by atoms with van der Waals surface area (Å²) in [6.07, 6.45) is 4.63. The van der Waals surface area contributed by atoms with Crippen LogP contribution in [0.5, 0.6) is 0 Å². The summed E-state index contributed by atoms with van der Waals surface area (Å²) in [5.41, 5.74) is 9.17. The van der Waals surface area contributed by atoms with Gasteiger partial charge in [-0.2, -0.15) is 14.8 Å². The molecule has 3 aromatic heterocycles. The quantitative estimate of drug-likeness (QED) is 0.525. The van der Waals surface area contributed by atoms with E-state index in [0.717, 1.165) is 5.69 Å². The molecule has 7 nitrogen and oxygen atoms in total. The van der Waals surface area contributed by atoms with Crippen LogP contribution in [-0.2, 0) is 0 Å². The molecule has 0 radical (unpaired) electrons. The van der Waals surface area contributed by atoms with Crippen molar-refractivity contribution in [1.29, 1.82) is 0 Å². The van der Waals surface area contributed by atoms with Crippen molar-refractivity contribution in [2.45, 2.75) is 0 Å². The molecule has 2 aromatic carbocycles. The fourth-order valence-electron chi connectivity index (χ4n) is 3.26. The summed E-state index contributed by atoms with van der Waals surface area (Å²) in [4.78, 5) is 12.9. The number of imidazole rings is 1. The zero-order chi connectivity index (χ0) is 19.1. The van der Waals surface area contributed by atoms with E-state index in [0.29, 0.717) is 28.1 Å². The van der Waals surface area contributed by atoms with E-state index in [1.165, 1.54) is 17.1 Å². The van der Waals surface area contributed by atoms with Crippen LogP contribution >= 0.6 is 0 Å². The third-order valence-corrected chi connectivity index (χ3v) is 4.48. The Labute approximate surface area is 158 Å². The smallest absolute Gasteiger partial charge is 0.239 e. The van der Waals surface area contributed by atoms with Crippen molar-refractivity contribution in [3.63, 3.8) is 0 Å². The molecule has 3 heterocycles.